The average molecular weight is 618 g/mol. The molecule has 5 unspecified atom stereocenters. The van der Waals surface area contributed by atoms with Crippen LogP contribution in [0.25, 0.3) is 10.9 Å². The first-order valence-electron chi connectivity index (χ1n) is 14.0. The minimum atomic E-state index is -1.47. The number of para-hydroxylation sites is 1. The van der Waals surface area contributed by atoms with Crippen LogP contribution in [0.1, 0.15) is 38.2 Å². The molecule has 5 atom stereocenters. The second-order valence-corrected chi connectivity index (χ2v) is 10.3. The summed E-state index contributed by atoms with van der Waals surface area (Å²) >= 11 is 0. The lowest BCUT2D eigenvalue weighted by Crippen LogP contribution is -2.60. The van der Waals surface area contributed by atoms with Gasteiger partial charge in [0.15, 0.2) is 11.9 Å². The first-order chi connectivity index (χ1) is 20.8. The third-order valence-electron chi connectivity index (χ3n) is 6.65. The van der Waals surface area contributed by atoms with Crippen molar-refractivity contribution in [3.8, 4) is 0 Å². The number of nitrogens with zero attached hydrogens (tertiary/aromatic N) is 2. The quantitative estimate of drug-likeness (QED) is 0.0456. The van der Waals surface area contributed by atoms with E-state index < -0.39 is 54.0 Å². The van der Waals surface area contributed by atoms with Crippen LogP contribution >= 0.6 is 0 Å². The molecule has 17 heteroatoms. The van der Waals surface area contributed by atoms with Crippen LogP contribution < -0.4 is 44.6 Å². The number of amides is 3. The van der Waals surface area contributed by atoms with Crippen molar-refractivity contribution < 1.29 is 29.4 Å². The number of hydrogen-bond donors (Lipinski definition) is 11. The van der Waals surface area contributed by atoms with Crippen molar-refractivity contribution in [2.24, 2.45) is 38.7 Å². The number of aliphatic hydroxyl groups is 1. The minimum absolute atomic E-state index is 0.00714. The van der Waals surface area contributed by atoms with E-state index in [9.17, 15) is 29.4 Å². The summed E-state index contributed by atoms with van der Waals surface area (Å²) in [4.78, 5) is 61.9. The number of guanidine groups is 2. The topological polar surface area (TPSA) is 315 Å². The summed E-state index contributed by atoms with van der Waals surface area (Å²) in [6, 6.07) is 2.40. The molecule has 0 bridgehead atoms. The summed E-state index contributed by atoms with van der Waals surface area (Å²) in [7, 11) is 0. The van der Waals surface area contributed by atoms with E-state index in [2.05, 4.69) is 30.9 Å². The zero-order chi connectivity index (χ0) is 32.8. The standard InChI is InChI=1S/C27H43N11O6/c1-14(39)21(38-22(40)17(28)12-15-13-35-18-7-3-2-6-16(15)18)24(42)36-19(8-4-10-33-26(29)30)23(41)37-20(25(43)44)9-5-11-34-27(31)32/h2-3,6-7,13-14,17,19-21,35,39H,4-5,8-12,28H2,1H3,(H,36,42)(H,37,41)(H,38,40)(H,43,44)(H4,29,30,33)(H4,31,32,34). The number of nitrogens with one attached hydrogen (secondary N) is 4. The molecule has 0 spiro atoms. The van der Waals surface area contributed by atoms with Gasteiger partial charge in [-0.05, 0) is 50.7 Å². The summed E-state index contributed by atoms with van der Waals surface area (Å²) in [6.45, 7) is 1.57. The molecule has 1 heterocycles. The summed E-state index contributed by atoms with van der Waals surface area (Å²) in [5.41, 5.74) is 29.1. The van der Waals surface area contributed by atoms with E-state index in [0.29, 0.717) is 0 Å². The van der Waals surface area contributed by atoms with Crippen molar-refractivity contribution in [3.05, 3.63) is 36.0 Å². The fourth-order valence-corrected chi connectivity index (χ4v) is 4.36. The van der Waals surface area contributed by atoms with E-state index in [4.69, 9.17) is 28.7 Å². The maximum Gasteiger partial charge on any atom is 0.326 e. The van der Waals surface area contributed by atoms with Crippen LogP contribution in [0.3, 0.4) is 0 Å². The summed E-state index contributed by atoms with van der Waals surface area (Å²) in [5.74, 6) is -3.99. The van der Waals surface area contributed by atoms with Gasteiger partial charge in [0.2, 0.25) is 17.7 Å². The van der Waals surface area contributed by atoms with Gasteiger partial charge in [-0.15, -0.1) is 0 Å². The Labute approximate surface area is 254 Å². The molecule has 17 nitrogen and oxygen atoms in total. The van der Waals surface area contributed by atoms with Gasteiger partial charge in [0.05, 0.1) is 12.1 Å². The molecular weight excluding hydrogens is 574 g/mol. The van der Waals surface area contributed by atoms with Crippen molar-refractivity contribution >= 4 is 46.5 Å². The van der Waals surface area contributed by atoms with Crippen molar-refractivity contribution in [2.75, 3.05) is 13.1 Å². The molecule has 3 amide bonds. The number of carboxylic acid groups (broad SMARTS) is 1. The number of H-pyrrole nitrogens is 1. The molecule has 2 rings (SSSR count). The third kappa shape index (κ3) is 11.4. The van der Waals surface area contributed by atoms with Crippen molar-refractivity contribution in [1.82, 2.24) is 20.9 Å². The molecule has 44 heavy (non-hydrogen) atoms. The average Bonchev–Trinajstić information content (AvgIpc) is 3.36. The van der Waals surface area contributed by atoms with Gasteiger partial charge in [0.1, 0.15) is 18.1 Å². The number of nitrogens with two attached hydrogens (primary N) is 5. The number of aliphatic hydroxyl groups excluding tert-OH is 1. The van der Waals surface area contributed by atoms with Gasteiger partial charge in [-0.2, -0.15) is 0 Å². The van der Waals surface area contributed by atoms with E-state index in [1.54, 1.807) is 6.20 Å². The Morgan fingerprint density at radius 1 is 0.864 bits per heavy atom. The number of fused-ring (bicyclic) bond motifs is 1. The van der Waals surface area contributed by atoms with Crippen LogP contribution in [0.4, 0.5) is 0 Å². The molecular formula is C27H43N11O6. The lowest BCUT2D eigenvalue weighted by atomic mass is 10.0. The maximum atomic E-state index is 13.3. The highest BCUT2D eigenvalue weighted by Gasteiger charge is 2.32. The lowest BCUT2D eigenvalue weighted by molar-refractivity contribution is -0.142. The van der Waals surface area contributed by atoms with Gasteiger partial charge in [-0.1, -0.05) is 18.2 Å². The van der Waals surface area contributed by atoms with Gasteiger partial charge in [-0.25, -0.2) is 4.79 Å². The fourth-order valence-electron chi connectivity index (χ4n) is 4.36. The largest absolute Gasteiger partial charge is 0.480 e. The molecule has 2 aromatic rings. The predicted molar refractivity (Wildman–Crippen MR) is 165 cm³/mol. The number of rotatable bonds is 18. The van der Waals surface area contributed by atoms with Gasteiger partial charge in [-0.3, -0.25) is 24.4 Å². The zero-order valence-electron chi connectivity index (χ0n) is 24.5. The summed E-state index contributed by atoms with van der Waals surface area (Å²) < 4.78 is 0. The predicted octanol–water partition coefficient (Wildman–Crippen LogP) is -2.94. The summed E-state index contributed by atoms with van der Waals surface area (Å²) in [5, 5.41) is 28.2. The van der Waals surface area contributed by atoms with E-state index in [1.165, 1.54) is 6.92 Å². The Hall–Kier alpha value is -4.90. The number of aromatic nitrogens is 1. The maximum absolute atomic E-state index is 13.3. The normalized spacial score (nSPS) is 14.3. The van der Waals surface area contributed by atoms with Crippen LogP contribution in [0.15, 0.2) is 40.4 Å². The van der Waals surface area contributed by atoms with Gasteiger partial charge >= 0.3 is 5.97 Å². The molecule has 0 aliphatic carbocycles. The number of aliphatic imine (C=N–C) groups is 2. The molecule has 0 aliphatic heterocycles. The molecule has 0 fully saturated rings. The molecule has 242 valence electrons. The molecule has 0 aliphatic rings. The Bertz CT molecular complexity index is 1330. The number of carbonyl (C=O) groups is 4. The minimum Gasteiger partial charge on any atom is -0.480 e. The molecule has 16 N–H and O–H groups in total. The zero-order valence-corrected chi connectivity index (χ0v) is 24.5. The van der Waals surface area contributed by atoms with Gasteiger partial charge in [0.25, 0.3) is 0 Å². The Balaban J connectivity index is 2.12. The molecule has 1 aromatic carbocycles. The van der Waals surface area contributed by atoms with Crippen LogP contribution in [-0.4, -0.2) is 94.2 Å². The SMILES string of the molecule is CC(O)C(NC(=O)C(N)Cc1c[nH]c2ccccc12)C(=O)NC(CCCN=C(N)N)C(=O)NC(CCCN=C(N)N)C(=O)O. The van der Waals surface area contributed by atoms with Gasteiger partial charge < -0.3 is 59.8 Å². The van der Waals surface area contributed by atoms with E-state index in [0.717, 1.165) is 16.5 Å². The molecule has 1 aromatic heterocycles. The number of aliphatic carboxylic acids is 1. The highest BCUT2D eigenvalue weighted by Crippen LogP contribution is 2.19. The highest BCUT2D eigenvalue weighted by atomic mass is 16.4. The number of aromatic amines is 1. The van der Waals surface area contributed by atoms with Crippen LogP contribution in [0.5, 0.6) is 0 Å². The molecule has 0 saturated carbocycles. The third-order valence-corrected chi connectivity index (χ3v) is 6.65. The van der Waals surface area contributed by atoms with Crippen molar-refractivity contribution in [3.63, 3.8) is 0 Å². The Morgan fingerprint density at radius 2 is 1.43 bits per heavy atom. The van der Waals surface area contributed by atoms with Crippen molar-refractivity contribution in [1.29, 1.82) is 0 Å². The highest BCUT2D eigenvalue weighted by molar-refractivity contribution is 5.94. The molecule has 0 radical (unpaired) electrons. The Morgan fingerprint density at radius 3 is 2.00 bits per heavy atom. The fraction of sp³-hybridized carbons (Fsp3) is 0.481. The molecule has 0 saturated heterocycles. The number of hydrogen-bond acceptors (Lipinski definition) is 8. The second-order valence-electron chi connectivity index (χ2n) is 10.3. The van der Waals surface area contributed by atoms with Crippen LogP contribution in [0, 0.1) is 0 Å². The monoisotopic (exact) mass is 617 g/mol. The van der Waals surface area contributed by atoms with E-state index in [-0.39, 0.29) is 57.1 Å². The number of carbonyl (C=O) groups excluding carboxylic acids is 3. The van der Waals surface area contributed by atoms with E-state index >= 15 is 0 Å². The smallest absolute Gasteiger partial charge is 0.326 e. The number of benzene rings is 1. The second kappa shape index (κ2) is 17.3. The Kier molecular flexibility index (Phi) is 13.9. The van der Waals surface area contributed by atoms with E-state index in [1.807, 2.05) is 24.3 Å². The van der Waals surface area contributed by atoms with Crippen molar-refractivity contribution in [2.45, 2.75) is 69.3 Å². The van der Waals surface area contributed by atoms with Gasteiger partial charge in [0, 0.05) is 30.2 Å². The first kappa shape index (κ1) is 35.3. The number of carboxylic acids is 1. The van der Waals surface area contributed by atoms with Crippen LogP contribution in [-0.2, 0) is 25.6 Å². The summed E-state index contributed by atoms with van der Waals surface area (Å²) in [6.07, 6.45) is 1.03. The van der Waals surface area contributed by atoms with Crippen LogP contribution in [0.2, 0.25) is 0 Å². The lowest BCUT2D eigenvalue weighted by Gasteiger charge is -2.26. The first-order valence-corrected chi connectivity index (χ1v) is 14.0.